The first-order valence-corrected chi connectivity index (χ1v) is 5.78. The maximum Gasteiger partial charge on any atom is 0.358 e. The molecule has 0 aromatic carbocycles. The molecule has 5 heteroatoms. The summed E-state index contributed by atoms with van der Waals surface area (Å²) >= 11 is 0. The van der Waals surface area contributed by atoms with Crippen molar-refractivity contribution in [1.82, 2.24) is 9.97 Å². The summed E-state index contributed by atoms with van der Waals surface area (Å²) in [5.74, 6) is -0.414. The van der Waals surface area contributed by atoms with Gasteiger partial charge in [0.25, 0.3) is 0 Å². The van der Waals surface area contributed by atoms with Crippen LogP contribution < -0.4 is 0 Å². The summed E-state index contributed by atoms with van der Waals surface area (Å²) < 4.78 is 4.92. The molecule has 0 saturated heterocycles. The van der Waals surface area contributed by atoms with E-state index >= 15 is 0 Å². The Morgan fingerprint density at radius 2 is 2.29 bits per heavy atom. The summed E-state index contributed by atoms with van der Waals surface area (Å²) in [5, 5.41) is 9.77. The highest BCUT2D eigenvalue weighted by molar-refractivity contribution is 5.88. The number of carbonyl (C=O) groups excluding carboxylic acids is 1. The molecule has 2 N–H and O–H groups in total. The predicted molar refractivity (Wildman–Crippen MR) is 63.9 cm³/mol. The molecule has 0 aliphatic carbocycles. The van der Waals surface area contributed by atoms with Gasteiger partial charge in [-0.1, -0.05) is 6.92 Å². The minimum absolute atomic E-state index is 0.0110. The zero-order valence-corrected chi connectivity index (χ0v) is 10.8. The van der Waals surface area contributed by atoms with Crippen molar-refractivity contribution < 1.29 is 14.6 Å². The van der Waals surface area contributed by atoms with Gasteiger partial charge >= 0.3 is 5.97 Å². The average molecular weight is 240 g/mol. The van der Waals surface area contributed by atoms with Crippen LogP contribution in [0.3, 0.4) is 0 Å². The van der Waals surface area contributed by atoms with Crippen LogP contribution in [0.1, 0.15) is 56.2 Å². The summed E-state index contributed by atoms with van der Waals surface area (Å²) in [5.41, 5.74) is 0.241. The van der Waals surface area contributed by atoms with E-state index < -0.39 is 11.6 Å². The number of H-pyrrole nitrogens is 1. The molecule has 1 unspecified atom stereocenters. The van der Waals surface area contributed by atoms with Crippen molar-refractivity contribution in [3.8, 4) is 0 Å². The van der Waals surface area contributed by atoms with Crippen LogP contribution >= 0.6 is 0 Å². The molecule has 1 rings (SSSR count). The number of hydrogen-bond donors (Lipinski definition) is 2. The van der Waals surface area contributed by atoms with Gasteiger partial charge in [0.1, 0.15) is 0 Å². The van der Waals surface area contributed by atoms with Crippen LogP contribution in [0, 0.1) is 0 Å². The Balaban J connectivity index is 2.84. The molecule has 0 spiro atoms. The third-order valence-corrected chi connectivity index (χ3v) is 2.44. The van der Waals surface area contributed by atoms with E-state index in [1.807, 2.05) is 6.92 Å². The van der Waals surface area contributed by atoms with E-state index in [1.54, 1.807) is 20.8 Å². The predicted octanol–water partition coefficient (Wildman–Crippen LogP) is 1.85. The van der Waals surface area contributed by atoms with Gasteiger partial charge in [0.2, 0.25) is 0 Å². The van der Waals surface area contributed by atoms with Crippen LogP contribution in [0.25, 0.3) is 0 Å². The van der Waals surface area contributed by atoms with Gasteiger partial charge in [0, 0.05) is 5.92 Å². The number of rotatable bonds is 5. The van der Waals surface area contributed by atoms with Crippen molar-refractivity contribution in [2.24, 2.45) is 0 Å². The molecule has 96 valence electrons. The lowest BCUT2D eigenvalue weighted by Crippen LogP contribution is -2.22. The highest BCUT2D eigenvalue weighted by atomic mass is 16.5. The molecule has 17 heavy (non-hydrogen) atoms. The molecular weight excluding hydrogens is 220 g/mol. The SMILES string of the molecule is CCOC(=O)c1nc[nH]c1C(C)CC(C)(C)O. The number of aromatic amines is 1. The fourth-order valence-corrected chi connectivity index (χ4v) is 1.89. The Bertz CT molecular complexity index is 379. The van der Waals surface area contributed by atoms with Crippen molar-refractivity contribution in [2.75, 3.05) is 6.61 Å². The van der Waals surface area contributed by atoms with Crippen molar-refractivity contribution in [3.63, 3.8) is 0 Å². The first-order chi connectivity index (χ1) is 7.85. The standard InChI is InChI=1S/C12H20N2O3/c1-5-17-11(15)10-9(13-7-14-10)8(2)6-12(3,4)16/h7-8,16H,5-6H2,1-4H3,(H,13,14). The number of imidazole rings is 1. The van der Waals surface area contributed by atoms with E-state index in [9.17, 15) is 9.90 Å². The molecule has 1 aromatic heterocycles. The first-order valence-electron chi connectivity index (χ1n) is 5.78. The van der Waals surface area contributed by atoms with Crippen molar-refractivity contribution in [1.29, 1.82) is 0 Å². The monoisotopic (exact) mass is 240 g/mol. The second kappa shape index (κ2) is 5.31. The largest absolute Gasteiger partial charge is 0.461 e. The van der Waals surface area contributed by atoms with Crippen LogP contribution in [0.2, 0.25) is 0 Å². The van der Waals surface area contributed by atoms with Gasteiger partial charge < -0.3 is 14.8 Å². The summed E-state index contributed by atoms with van der Waals surface area (Å²) in [7, 11) is 0. The summed E-state index contributed by atoms with van der Waals surface area (Å²) in [6.07, 6.45) is 2.02. The molecule has 0 saturated carbocycles. The Morgan fingerprint density at radius 1 is 1.65 bits per heavy atom. The molecule has 0 aliphatic heterocycles. The van der Waals surface area contributed by atoms with Gasteiger partial charge in [0.05, 0.1) is 24.2 Å². The third kappa shape index (κ3) is 3.85. The zero-order chi connectivity index (χ0) is 13.1. The normalized spacial score (nSPS) is 13.5. The van der Waals surface area contributed by atoms with E-state index in [2.05, 4.69) is 9.97 Å². The molecule has 5 nitrogen and oxygen atoms in total. The van der Waals surface area contributed by atoms with E-state index in [0.717, 1.165) is 0 Å². The van der Waals surface area contributed by atoms with Gasteiger partial charge in [-0.2, -0.15) is 0 Å². The summed E-state index contributed by atoms with van der Waals surface area (Å²) in [6, 6.07) is 0. The van der Waals surface area contributed by atoms with Gasteiger partial charge in [-0.3, -0.25) is 0 Å². The Kier molecular flexibility index (Phi) is 4.28. The van der Waals surface area contributed by atoms with Gasteiger partial charge in [-0.25, -0.2) is 9.78 Å². The van der Waals surface area contributed by atoms with Crippen LogP contribution in [-0.4, -0.2) is 33.3 Å². The highest BCUT2D eigenvalue weighted by Gasteiger charge is 2.24. The van der Waals surface area contributed by atoms with E-state index in [1.165, 1.54) is 6.33 Å². The number of nitrogens with zero attached hydrogens (tertiary/aromatic N) is 1. The molecule has 0 amide bonds. The number of nitrogens with one attached hydrogen (secondary N) is 1. The Morgan fingerprint density at radius 3 is 2.82 bits per heavy atom. The number of carbonyl (C=O) groups is 1. The maximum absolute atomic E-state index is 11.6. The number of aliphatic hydroxyl groups is 1. The number of ether oxygens (including phenoxy) is 1. The summed E-state index contributed by atoms with van der Waals surface area (Å²) in [6.45, 7) is 7.50. The van der Waals surface area contributed by atoms with E-state index in [-0.39, 0.29) is 5.92 Å². The molecule has 0 aliphatic rings. The number of hydrogen-bond acceptors (Lipinski definition) is 4. The smallest absolute Gasteiger partial charge is 0.358 e. The average Bonchev–Trinajstić information content (AvgIpc) is 2.63. The molecule has 1 aromatic rings. The summed E-state index contributed by atoms with van der Waals surface area (Å²) in [4.78, 5) is 18.5. The fourth-order valence-electron chi connectivity index (χ4n) is 1.89. The first kappa shape index (κ1) is 13.7. The van der Waals surface area contributed by atoms with Crippen molar-refractivity contribution in [2.45, 2.75) is 45.6 Å². The van der Waals surface area contributed by atoms with Crippen LogP contribution in [0.5, 0.6) is 0 Å². The lowest BCUT2D eigenvalue weighted by molar-refractivity contribution is 0.0508. The van der Waals surface area contributed by atoms with Gasteiger partial charge in [-0.05, 0) is 27.2 Å². The second-order valence-corrected chi connectivity index (χ2v) is 4.80. The quantitative estimate of drug-likeness (QED) is 0.770. The Labute approximate surface area is 101 Å². The number of aromatic nitrogens is 2. The zero-order valence-electron chi connectivity index (χ0n) is 10.8. The highest BCUT2D eigenvalue weighted by Crippen LogP contribution is 2.26. The fraction of sp³-hybridized carbons (Fsp3) is 0.667. The van der Waals surface area contributed by atoms with Crippen LogP contribution in [0.15, 0.2) is 6.33 Å². The van der Waals surface area contributed by atoms with Crippen molar-refractivity contribution >= 4 is 5.97 Å². The molecular formula is C12H20N2O3. The molecule has 0 bridgehead atoms. The maximum atomic E-state index is 11.6. The van der Waals surface area contributed by atoms with Crippen LogP contribution in [0.4, 0.5) is 0 Å². The lowest BCUT2D eigenvalue weighted by atomic mass is 9.92. The molecule has 0 radical (unpaired) electrons. The lowest BCUT2D eigenvalue weighted by Gasteiger charge is -2.21. The van der Waals surface area contributed by atoms with Crippen molar-refractivity contribution in [3.05, 3.63) is 17.7 Å². The van der Waals surface area contributed by atoms with E-state index in [0.29, 0.717) is 24.4 Å². The minimum Gasteiger partial charge on any atom is -0.461 e. The second-order valence-electron chi connectivity index (χ2n) is 4.80. The third-order valence-electron chi connectivity index (χ3n) is 2.44. The number of esters is 1. The van der Waals surface area contributed by atoms with Gasteiger partial charge in [0.15, 0.2) is 5.69 Å². The van der Waals surface area contributed by atoms with Gasteiger partial charge in [-0.15, -0.1) is 0 Å². The topological polar surface area (TPSA) is 75.2 Å². The Hall–Kier alpha value is -1.36. The van der Waals surface area contributed by atoms with Crippen LogP contribution in [-0.2, 0) is 4.74 Å². The van der Waals surface area contributed by atoms with E-state index in [4.69, 9.17) is 4.74 Å². The molecule has 0 fully saturated rings. The molecule has 1 atom stereocenters. The molecule has 1 heterocycles. The minimum atomic E-state index is -0.781.